The first kappa shape index (κ1) is 25.1. The van der Waals surface area contributed by atoms with Crippen molar-refractivity contribution in [2.75, 3.05) is 24.8 Å². The summed E-state index contributed by atoms with van der Waals surface area (Å²) in [6, 6.07) is 16.1. The van der Waals surface area contributed by atoms with E-state index in [0.717, 1.165) is 18.4 Å². The van der Waals surface area contributed by atoms with E-state index >= 15 is 0 Å². The van der Waals surface area contributed by atoms with Gasteiger partial charge in [-0.25, -0.2) is 0 Å². The van der Waals surface area contributed by atoms with Gasteiger partial charge in [-0.1, -0.05) is 30.3 Å². The standard InChI is InChI=1S/C26H34N2O4S/c1-3-32-22-13-15-26(18-33,16-14-22)25(30)28-23(17-19-7-5-4-6-8-19)24(29)27-20-9-11-21(31-2)12-10-20/h4-12,22-23,33H,3,13-18H2,1-2H3,(H,27,29)(H,28,30)/t22?,23-,26?/m0/s1. The van der Waals surface area contributed by atoms with Crippen molar-refractivity contribution in [3.63, 3.8) is 0 Å². The highest BCUT2D eigenvalue weighted by Crippen LogP contribution is 2.39. The lowest BCUT2D eigenvalue weighted by atomic mass is 9.73. The zero-order valence-electron chi connectivity index (χ0n) is 19.4. The summed E-state index contributed by atoms with van der Waals surface area (Å²) in [4.78, 5) is 26.7. The van der Waals surface area contributed by atoms with Gasteiger partial charge in [0, 0.05) is 24.5 Å². The molecule has 3 rings (SSSR count). The maximum atomic E-state index is 13.5. The SMILES string of the molecule is CCOC1CCC(CS)(C(=O)N[C@@H](Cc2ccccc2)C(=O)Nc2ccc(OC)cc2)CC1. The van der Waals surface area contributed by atoms with Gasteiger partial charge in [0.05, 0.1) is 18.6 Å². The molecule has 0 spiro atoms. The lowest BCUT2D eigenvalue weighted by Crippen LogP contribution is -2.53. The van der Waals surface area contributed by atoms with Crippen molar-refractivity contribution < 1.29 is 19.1 Å². The second-order valence-electron chi connectivity index (χ2n) is 8.53. The van der Waals surface area contributed by atoms with Crippen LogP contribution in [-0.2, 0) is 20.7 Å². The first-order valence-electron chi connectivity index (χ1n) is 11.5. The summed E-state index contributed by atoms with van der Waals surface area (Å²) in [6.45, 7) is 2.66. The molecular formula is C26H34N2O4S. The molecular weight excluding hydrogens is 436 g/mol. The molecule has 0 unspecified atom stereocenters. The zero-order chi connectivity index (χ0) is 23.7. The Morgan fingerprint density at radius 3 is 2.33 bits per heavy atom. The van der Waals surface area contributed by atoms with Crippen LogP contribution in [0.25, 0.3) is 0 Å². The summed E-state index contributed by atoms with van der Waals surface area (Å²) in [7, 11) is 1.60. The average Bonchev–Trinajstić information content (AvgIpc) is 2.85. The van der Waals surface area contributed by atoms with E-state index in [1.165, 1.54) is 0 Å². The van der Waals surface area contributed by atoms with Crippen molar-refractivity contribution in [1.29, 1.82) is 0 Å². The molecule has 33 heavy (non-hydrogen) atoms. The monoisotopic (exact) mass is 470 g/mol. The molecule has 1 atom stereocenters. The van der Waals surface area contributed by atoms with Crippen LogP contribution in [0.15, 0.2) is 54.6 Å². The van der Waals surface area contributed by atoms with Gasteiger partial charge in [0.1, 0.15) is 11.8 Å². The molecule has 2 aromatic carbocycles. The number of carbonyl (C=O) groups excluding carboxylic acids is 2. The van der Waals surface area contributed by atoms with E-state index in [1.54, 1.807) is 31.4 Å². The quantitative estimate of drug-likeness (QED) is 0.454. The Balaban J connectivity index is 1.74. The molecule has 178 valence electrons. The second-order valence-corrected chi connectivity index (χ2v) is 8.84. The van der Waals surface area contributed by atoms with Crippen LogP contribution in [0.2, 0.25) is 0 Å². The number of ether oxygens (including phenoxy) is 2. The van der Waals surface area contributed by atoms with Crippen molar-refractivity contribution in [3.05, 3.63) is 60.2 Å². The van der Waals surface area contributed by atoms with Gasteiger partial charge in [0.25, 0.3) is 0 Å². The third-order valence-corrected chi connectivity index (χ3v) is 6.94. The van der Waals surface area contributed by atoms with Crippen LogP contribution in [-0.4, -0.2) is 43.4 Å². The average molecular weight is 471 g/mol. The number of rotatable bonds is 10. The maximum Gasteiger partial charge on any atom is 0.247 e. The Hall–Kier alpha value is -2.51. The van der Waals surface area contributed by atoms with Crippen LogP contribution in [0.1, 0.15) is 38.2 Å². The van der Waals surface area contributed by atoms with Crippen molar-refractivity contribution in [3.8, 4) is 5.75 Å². The predicted molar refractivity (Wildman–Crippen MR) is 134 cm³/mol. The molecule has 0 bridgehead atoms. The summed E-state index contributed by atoms with van der Waals surface area (Å²) in [5, 5.41) is 5.98. The Morgan fingerprint density at radius 2 is 1.76 bits per heavy atom. The summed E-state index contributed by atoms with van der Waals surface area (Å²) in [5.41, 5.74) is 1.04. The van der Waals surface area contributed by atoms with E-state index in [-0.39, 0.29) is 17.9 Å². The normalized spacial score (nSPS) is 21.1. The number of thiol groups is 1. The highest BCUT2D eigenvalue weighted by molar-refractivity contribution is 7.80. The Kier molecular flexibility index (Phi) is 9.21. The van der Waals surface area contributed by atoms with Gasteiger partial charge < -0.3 is 20.1 Å². The van der Waals surface area contributed by atoms with E-state index < -0.39 is 11.5 Å². The Bertz CT molecular complexity index is 896. The molecule has 1 aliphatic carbocycles. The van der Waals surface area contributed by atoms with Crippen molar-refractivity contribution in [1.82, 2.24) is 5.32 Å². The molecule has 6 nitrogen and oxygen atoms in total. The molecule has 0 radical (unpaired) electrons. The minimum absolute atomic E-state index is 0.113. The highest BCUT2D eigenvalue weighted by Gasteiger charge is 2.42. The molecule has 1 saturated carbocycles. The molecule has 1 fully saturated rings. The number of benzene rings is 2. The van der Waals surface area contributed by atoms with Gasteiger partial charge in [-0.3, -0.25) is 9.59 Å². The molecule has 1 aliphatic rings. The number of methoxy groups -OCH3 is 1. The van der Waals surface area contributed by atoms with Crippen LogP contribution in [0.3, 0.4) is 0 Å². The van der Waals surface area contributed by atoms with Crippen LogP contribution >= 0.6 is 12.6 Å². The molecule has 2 amide bonds. The summed E-state index contributed by atoms with van der Waals surface area (Å²) >= 11 is 4.53. The third kappa shape index (κ3) is 6.74. The van der Waals surface area contributed by atoms with Crippen LogP contribution in [0.4, 0.5) is 5.69 Å². The lowest BCUT2D eigenvalue weighted by molar-refractivity contribution is -0.136. The lowest BCUT2D eigenvalue weighted by Gasteiger charge is -2.38. The number of amides is 2. The van der Waals surface area contributed by atoms with Crippen molar-refractivity contribution >= 4 is 30.1 Å². The summed E-state index contributed by atoms with van der Waals surface area (Å²) < 4.78 is 10.9. The third-order valence-electron chi connectivity index (χ3n) is 6.34. The smallest absolute Gasteiger partial charge is 0.247 e. The van der Waals surface area contributed by atoms with E-state index in [1.807, 2.05) is 37.3 Å². The second kappa shape index (κ2) is 12.1. The largest absolute Gasteiger partial charge is 0.497 e. The highest BCUT2D eigenvalue weighted by atomic mass is 32.1. The van der Waals surface area contributed by atoms with E-state index in [0.29, 0.717) is 43.1 Å². The number of hydrogen-bond acceptors (Lipinski definition) is 5. The Morgan fingerprint density at radius 1 is 1.09 bits per heavy atom. The minimum Gasteiger partial charge on any atom is -0.497 e. The van der Waals surface area contributed by atoms with Gasteiger partial charge in [0.15, 0.2) is 0 Å². The zero-order valence-corrected chi connectivity index (χ0v) is 20.3. The number of carbonyl (C=O) groups is 2. The molecule has 7 heteroatoms. The van der Waals surface area contributed by atoms with E-state index in [4.69, 9.17) is 9.47 Å². The van der Waals surface area contributed by atoms with Crippen LogP contribution in [0.5, 0.6) is 5.75 Å². The first-order chi connectivity index (χ1) is 16.0. The van der Waals surface area contributed by atoms with Crippen molar-refractivity contribution in [2.24, 2.45) is 5.41 Å². The van der Waals surface area contributed by atoms with Crippen molar-refractivity contribution in [2.45, 2.75) is 51.2 Å². The minimum atomic E-state index is -0.705. The van der Waals surface area contributed by atoms with Crippen LogP contribution < -0.4 is 15.4 Å². The molecule has 0 heterocycles. The summed E-state index contributed by atoms with van der Waals surface area (Å²) in [5.74, 6) is 0.781. The van der Waals surface area contributed by atoms with Gasteiger partial charge in [-0.2, -0.15) is 12.6 Å². The van der Waals surface area contributed by atoms with E-state index in [2.05, 4.69) is 23.3 Å². The van der Waals surface area contributed by atoms with Gasteiger partial charge in [-0.05, 0) is 62.4 Å². The fraction of sp³-hybridized carbons (Fsp3) is 0.462. The van der Waals surface area contributed by atoms with Gasteiger partial charge >= 0.3 is 0 Å². The fourth-order valence-corrected chi connectivity index (χ4v) is 4.74. The molecule has 0 aliphatic heterocycles. The Labute approximate surface area is 201 Å². The van der Waals surface area contributed by atoms with Gasteiger partial charge in [-0.15, -0.1) is 0 Å². The maximum absolute atomic E-state index is 13.5. The fourth-order valence-electron chi connectivity index (χ4n) is 4.28. The number of anilines is 1. The van der Waals surface area contributed by atoms with E-state index in [9.17, 15) is 9.59 Å². The number of hydrogen-bond donors (Lipinski definition) is 3. The molecule has 2 aromatic rings. The number of nitrogens with one attached hydrogen (secondary N) is 2. The van der Waals surface area contributed by atoms with Crippen LogP contribution in [0, 0.1) is 5.41 Å². The molecule has 0 aromatic heterocycles. The molecule has 2 N–H and O–H groups in total. The topological polar surface area (TPSA) is 76.7 Å². The first-order valence-corrected chi connectivity index (χ1v) is 12.1. The predicted octanol–water partition coefficient (Wildman–Crippen LogP) is 4.26. The van der Waals surface area contributed by atoms with Gasteiger partial charge in [0.2, 0.25) is 11.8 Å². The summed E-state index contributed by atoms with van der Waals surface area (Å²) in [6.07, 6.45) is 3.64. The molecule has 0 saturated heterocycles.